The Hall–Kier alpha value is -1.21. The quantitative estimate of drug-likeness (QED) is 0.932. The van der Waals surface area contributed by atoms with Crippen LogP contribution in [-0.2, 0) is 10.0 Å². The monoisotopic (exact) mass is 336 g/mol. The van der Waals surface area contributed by atoms with Crippen LogP contribution in [0.15, 0.2) is 46.0 Å². The van der Waals surface area contributed by atoms with Crippen LogP contribution in [-0.4, -0.2) is 32.4 Å². The summed E-state index contributed by atoms with van der Waals surface area (Å²) in [5.41, 5.74) is 7.88. The summed E-state index contributed by atoms with van der Waals surface area (Å²) in [6.07, 6.45) is 0. The van der Waals surface area contributed by atoms with E-state index < -0.39 is 10.0 Å². The fourth-order valence-electron chi connectivity index (χ4n) is 3.09. The molecule has 2 aromatic rings. The van der Waals surface area contributed by atoms with Crippen molar-refractivity contribution in [3.05, 3.63) is 52.9 Å². The molecule has 118 valence electrons. The predicted molar refractivity (Wildman–Crippen MR) is 89.5 cm³/mol. The molecule has 0 spiro atoms. The van der Waals surface area contributed by atoms with Crippen LogP contribution in [0, 0.1) is 12.8 Å². The molecule has 3 rings (SSSR count). The van der Waals surface area contributed by atoms with Gasteiger partial charge in [-0.2, -0.15) is 4.31 Å². The number of nitrogens with zero attached hydrogens (tertiary/aromatic N) is 1. The zero-order valence-corrected chi connectivity index (χ0v) is 14.1. The van der Waals surface area contributed by atoms with Crippen molar-refractivity contribution in [1.82, 2.24) is 4.31 Å². The molecule has 2 N–H and O–H groups in total. The minimum Gasteiger partial charge on any atom is -0.330 e. The van der Waals surface area contributed by atoms with Crippen molar-refractivity contribution in [3.63, 3.8) is 0 Å². The van der Waals surface area contributed by atoms with Crippen molar-refractivity contribution in [2.24, 2.45) is 11.7 Å². The number of hydrogen-bond donors (Lipinski definition) is 1. The lowest BCUT2D eigenvalue weighted by molar-refractivity contribution is 0.460. The van der Waals surface area contributed by atoms with Crippen molar-refractivity contribution >= 4 is 21.4 Å². The number of hydrogen-bond acceptors (Lipinski definition) is 4. The van der Waals surface area contributed by atoms with E-state index in [0.717, 1.165) is 5.56 Å². The fourth-order valence-corrected chi connectivity index (χ4v) is 6.16. The van der Waals surface area contributed by atoms with Crippen LogP contribution in [0.1, 0.15) is 17.0 Å². The van der Waals surface area contributed by atoms with Crippen LogP contribution in [0.3, 0.4) is 0 Å². The highest BCUT2D eigenvalue weighted by molar-refractivity contribution is 7.91. The van der Waals surface area contributed by atoms with Crippen LogP contribution in [0.2, 0.25) is 0 Å². The molecule has 1 saturated heterocycles. The van der Waals surface area contributed by atoms with E-state index in [0.29, 0.717) is 23.8 Å². The van der Waals surface area contributed by atoms with Crippen LogP contribution >= 0.6 is 11.3 Å². The molecule has 2 heterocycles. The summed E-state index contributed by atoms with van der Waals surface area (Å²) in [6, 6.07) is 11.9. The van der Waals surface area contributed by atoms with E-state index in [-0.39, 0.29) is 11.8 Å². The van der Waals surface area contributed by atoms with E-state index in [1.54, 1.807) is 4.31 Å². The molecule has 22 heavy (non-hydrogen) atoms. The first kappa shape index (κ1) is 15.7. The molecule has 0 aliphatic carbocycles. The Balaban J connectivity index is 1.90. The number of nitrogens with two attached hydrogens (primary N) is 1. The highest BCUT2D eigenvalue weighted by Gasteiger charge is 2.40. The minimum absolute atomic E-state index is 0.164. The number of sulfonamides is 1. The Bertz CT molecular complexity index is 741. The van der Waals surface area contributed by atoms with E-state index in [9.17, 15) is 8.42 Å². The van der Waals surface area contributed by atoms with Gasteiger partial charge in [0.25, 0.3) is 10.0 Å². The number of benzene rings is 1. The van der Waals surface area contributed by atoms with Crippen molar-refractivity contribution < 1.29 is 8.42 Å². The number of thiophene rings is 1. The van der Waals surface area contributed by atoms with Gasteiger partial charge in [0.2, 0.25) is 0 Å². The van der Waals surface area contributed by atoms with Gasteiger partial charge >= 0.3 is 0 Å². The highest BCUT2D eigenvalue weighted by atomic mass is 32.2. The maximum atomic E-state index is 12.9. The van der Waals surface area contributed by atoms with Gasteiger partial charge < -0.3 is 5.73 Å². The molecule has 6 heteroatoms. The number of aryl methyl sites for hydroxylation is 1. The molecule has 1 aromatic heterocycles. The molecule has 1 aliphatic rings. The second-order valence-corrected chi connectivity index (χ2v) is 8.78. The first-order chi connectivity index (χ1) is 10.5. The van der Waals surface area contributed by atoms with Gasteiger partial charge in [-0.25, -0.2) is 8.42 Å². The lowest BCUT2D eigenvalue weighted by Gasteiger charge is -2.16. The van der Waals surface area contributed by atoms with E-state index >= 15 is 0 Å². The third-order valence-corrected chi connectivity index (χ3v) is 7.82. The normalized spacial score (nSPS) is 23.0. The van der Waals surface area contributed by atoms with Crippen molar-refractivity contribution in [2.45, 2.75) is 17.1 Å². The molecule has 0 saturated carbocycles. The topological polar surface area (TPSA) is 63.4 Å². The Morgan fingerprint density at radius 2 is 1.95 bits per heavy atom. The molecule has 0 amide bonds. The smallest absolute Gasteiger partial charge is 0.252 e. The summed E-state index contributed by atoms with van der Waals surface area (Å²) < 4.78 is 27.8. The van der Waals surface area contributed by atoms with Crippen LogP contribution < -0.4 is 5.73 Å². The molecule has 0 radical (unpaired) electrons. The largest absolute Gasteiger partial charge is 0.330 e. The second-order valence-electron chi connectivity index (χ2n) is 5.73. The first-order valence-corrected chi connectivity index (χ1v) is 9.65. The SMILES string of the molecule is Cc1ccsc1S(=O)(=O)N1C[C@@H](CN)[C@H](c2ccccc2)C1. The Kier molecular flexibility index (Phi) is 4.36. The standard InChI is InChI=1S/C16H20N2O2S2/c1-12-7-8-21-16(12)22(19,20)18-10-14(9-17)15(11-18)13-5-3-2-4-6-13/h2-8,14-15H,9-11,17H2,1H3/t14-,15+/m1/s1. The Morgan fingerprint density at radius 1 is 1.23 bits per heavy atom. The maximum absolute atomic E-state index is 12.9. The Labute approximate surface area is 135 Å². The fraction of sp³-hybridized carbons (Fsp3) is 0.375. The van der Waals surface area contributed by atoms with E-state index in [2.05, 4.69) is 12.1 Å². The molecule has 4 nitrogen and oxygen atoms in total. The molecular weight excluding hydrogens is 316 g/mol. The molecule has 1 aromatic carbocycles. The predicted octanol–water partition coefficient (Wildman–Crippen LogP) is 2.42. The molecular formula is C16H20N2O2S2. The molecule has 2 atom stereocenters. The number of rotatable bonds is 4. The van der Waals surface area contributed by atoms with Crippen LogP contribution in [0.4, 0.5) is 0 Å². The summed E-state index contributed by atoms with van der Waals surface area (Å²) in [5, 5.41) is 1.83. The molecule has 0 bridgehead atoms. The van der Waals surface area contributed by atoms with E-state index in [1.807, 2.05) is 36.6 Å². The van der Waals surface area contributed by atoms with Gasteiger partial charge in [0, 0.05) is 19.0 Å². The average molecular weight is 336 g/mol. The molecule has 1 aliphatic heterocycles. The average Bonchev–Trinajstić information content (AvgIpc) is 3.14. The minimum atomic E-state index is -3.41. The maximum Gasteiger partial charge on any atom is 0.252 e. The third kappa shape index (κ3) is 2.72. The van der Waals surface area contributed by atoms with Gasteiger partial charge in [-0.15, -0.1) is 11.3 Å². The third-order valence-electron chi connectivity index (χ3n) is 4.33. The lowest BCUT2D eigenvalue weighted by atomic mass is 9.89. The van der Waals surface area contributed by atoms with Gasteiger partial charge in [-0.3, -0.25) is 0 Å². The Morgan fingerprint density at radius 3 is 2.55 bits per heavy atom. The molecule has 1 fully saturated rings. The van der Waals surface area contributed by atoms with Crippen molar-refractivity contribution in [2.75, 3.05) is 19.6 Å². The van der Waals surface area contributed by atoms with Crippen molar-refractivity contribution in [3.8, 4) is 0 Å². The van der Waals surface area contributed by atoms with E-state index in [1.165, 1.54) is 16.9 Å². The zero-order chi connectivity index (χ0) is 15.7. The van der Waals surface area contributed by atoms with Crippen molar-refractivity contribution in [1.29, 1.82) is 0 Å². The summed E-state index contributed by atoms with van der Waals surface area (Å²) >= 11 is 1.29. The highest BCUT2D eigenvalue weighted by Crippen LogP contribution is 2.36. The van der Waals surface area contributed by atoms with Gasteiger partial charge in [0.1, 0.15) is 4.21 Å². The first-order valence-electron chi connectivity index (χ1n) is 7.33. The second kappa shape index (κ2) is 6.12. The summed E-state index contributed by atoms with van der Waals surface area (Å²) in [6.45, 7) is 3.34. The van der Waals surface area contributed by atoms with Gasteiger partial charge in [0.15, 0.2) is 0 Å². The van der Waals surface area contributed by atoms with Crippen LogP contribution in [0.25, 0.3) is 0 Å². The van der Waals surface area contributed by atoms with Crippen LogP contribution in [0.5, 0.6) is 0 Å². The summed E-state index contributed by atoms with van der Waals surface area (Å²) in [7, 11) is -3.41. The summed E-state index contributed by atoms with van der Waals surface area (Å²) in [5.74, 6) is 0.332. The summed E-state index contributed by atoms with van der Waals surface area (Å²) in [4.78, 5) is 0. The molecule has 0 unspecified atom stereocenters. The van der Waals surface area contributed by atoms with Gasteiger partial charge in [-0.05, 0) is 42.0 Å². The van der Waals surface area contributed by atoms with Gasteiger partial charge in [0.05, 0.1) is 0 Å². The zero-order valence-electron chi connectivity index (χ0n) is 12.5. The van der Waals surface area contributed by atoms with Gasteiger partial charge in [-0.1, -0.05) is 30.3 Å². The van der Waals surface area contributed by atoms with E-state index in [4.69, 9.17) is 5.73 Å². The lowest BCUT2D eigenvalue weighted by Crippen LogP contribution is -2.29.